The van der Waals surface area contributed by atoms with E-state index in [4.69, 9.17) is 9.47 Å². The Balaban J connectivity index is 2.41. The van der Waals surface area contributed by atoms with Crippen molar-refractivity contribution >= 4 is 0 Å². The van der Waals surface area contributed by atoms with Gasteiger partial charge in [-0.25, -0.2) is 0 Å². The highest BCUT2D eigenvalue weighted by Gasteiger charge is 2.12. The molecular weight excluding hydrogens is 216 g/mol. The summed E-state index contributed by atoms with van der Waals surface area (Å²) >= 11 is 0. The lowest BCUT2D eigenvalue weighted by Gasteiger charge is -2.18. The molecule has 0 unspecified atom stereocenters. The highest BCUT2D eigenvalue weighted by Crippen LogP contribution is 2.13. The summed E-state index contributed by atoms with van der Waals surface area (Å²) in [5.74, 6) is 0.827. The summed E-state index contributed by atoms with van der Waals surface area (Å²) < 4.78 is 10.7. The molecule has 0 bridgehead atoms. The van der Waals surface area contributed by atoms with Crippen molar-refractivity contribution in [3.8, 4) is 5.75 Å². The first kappa shape index (κ1) is 13.7. The van der Waals surface area contributed by atoms with Crippen LogP contribution in [0.3, 0.4) is 0 Å². The van der Waals surface area contributed by atoms with Crippen molar-refractivity contribution in [3.05, 3.63) is 42.5 Å². The summed E-state index contributed by atoms with van der Waals surface area (Å²) in [5, 5.41) is 9.66. The molecule has 0 amide bonds. The van der Waals surface area contributed by atoms with Gasteiger partial charge in [-0.1, -0.05) is 18.2 Å². The number of ether oxygens (including phenoxy) is 2. The van der Waals surface area contributed by atoms with Crippen molar-refractivity contribution < 1.29 is 14.6 Å². The number of hydrogen-bond acceptors (Lipinski definition) is 3. The molecular formula is C14H20O3. The molecule has 2 atom stereocenters. The van der Waals surface area contributed by atoms with Crippen molar-refractivity contribution in [2.75, 3.05) is 7.11 Å². The van der Waals surface area contributed by atoms with E-state index in [1.165, 1.54) is 0 Å². The lowest BCUT2D eigenvalue weighted by molar-refractivity contribution is -0.0333. The molecule has 1 N–H and O–H groups in total. The molecule has 1 rings (SSSR count). The first-order valence-corrected chi connectivity index (χ1v) is 5.71. The first-order valence-electron chi connectivity index (χ1n) is 5.71. The van der Waals surface area contributed by atoms with Gasteiger partial charge in [0.2, 0.25) is 0 Å². The van der Waals surface area contributed by atoms with E-state index in [0.717, 1.165) is 11.3 Å². The van der Waals surface area contributed by atoms with E-state index in [-0.39, 0.29) is 6.10 Å². The molecule has 1 aromatic carbocycles. The van der Waals surface area contributed by atoms with Gasteiger partial charge >= 0.3 is 0 Å². The second kappa shape index (κ2) is 7.09. The van der Waals surface area contributed by atoms with Gasteiger partial charge in [0.1, 0.15) is 5.75 Å². The average Bonchev–Trinajstić information content (AvgIpc) is 2.36. The van der Waals surface area contributed by atoms with Gasteiger partial charge in [0.25, 0.3) is 0 Å². The fourth-order valence-corrected chi connectivity index (χ4v) is 1.42. The molecule has 94 valence electrons. The maximum Gasteiger partial charge on any atom is 0.118 e. The van der Waals surface area contributed by atoms with Crippen LogP contribution in [0, 0.1) is 0 Å². The van der Waals surface area contributed by atoms with E-state index >= 15 is 0 Å². The van der Waals surface area contributed by atoms with Crippen molar-refractivity contribution in [2.24, 2.45) is 0 Å². The second-order valence-electron chi connectivity index (χ2n) is 3.96. The number of benzene rings is 1. The molecule has 17 heavy (non-hydrogen) atoms. The van der Waals surface area contributed by atoms with Gasteiger partial charge in [0, 0.05) is 0 Å². The molecule has 0 saturated heterocycles. The summed E-state index contributed by atoms with van der Waals surface area (Å²) in [6.07, 6.45) is 1.54. The fourth-order valence-electron chi connectivity index (χ4n) is 1.42. The Morgan fingerprint density at radius 3 is 2.53 bits per heavy atom. The quantitative estimate of drug-likeness (QED) is 0.739. The summed E-state index contributed by atoms with van der Waals surface area (Å²) in [6.45, 7) is 5.94. The van der Waals surface area contributed by atoms with Crippen LogP contribution in [-0.4, -0.2) is 24.4 Å². The minimum absolute atomic E-state index is 0.199. The third kappa shape index (κ3) is 4.59. The molecule has 0 aliphatic heterocycles. The predicted molar refractivity (Wildman–Crippen MR) is 68.1 cm³/mol. The zero-order valence-electron chi connectivity index (χ0n) is 10.4. The van der Waals surface area contributed by atoms with Crippen LogP contribution in [0.15, 0.2) is 36.9 Å². The highest BCUT2D eigenvalue weighted by atomic mass is 16.5. The Bertz CT molecular complexity index is 332. The Hall–Kier alpha value is -1.32. The smallest absolute Gasteiger partial charge is 0.118 e. The van der Waals surface area contributed by atoms with Crippen LogP contribution < -0.4 is 4.74 Å². The third-order valence-electron chi connectivity index (χ3n) is 2.62. The minimum atomic E-state index is -0.495. The van der Waals surface area contributed by atoms with Crippen molar-refractivity contribution in [3.63, 3.8) is 0 Å². The standard InChI is InChI=1S/C14H20O3/c1-4-5-14(15)11(2)17-10-12-6-8-13(16-3)9-7-12/h4,6-9,11,14-15H,1,5,10H2,2-3H3/t11-,14-/m0/s1. The zero-order valence-corrected chi connectivity index (χ0v) is 10.4. The van der Waals surface area contributed by atoms with Gasteiger partial charge in [-0.2, -0.15) is 0 Å². The number of rotatable bonds is 7. The first-order chi connectivity index (χ1) is 8.17. The van der Waals surface area contributed by atoms with Gasteiger partial charge in [0.15, 0.2) is 0 Å². The molecule has 0 aromatic heterocycles. The van der Waals surface area contributed by atoms with Crippen LogP contribution in [0.25, 0.3) is 0 Å². The molecule has 0 radical (unpaired) electrons. The summed E-state index contributed by atoms with van der Waals surface area (Å²) in [7, 11) is 1.64. The van der Waals surface area contributed by atoms with Gasteiger partial charge < -0.3 is 14.6 Å². The number of aliphatic hydroxyl groups is 1. The van der Waals surface area contributed by atoms with Gasteiger partial charge in [-0.3, -0.25) is 0 Å². The highest BCUT2D eigenvalue weighted by molar-refractivity contribution is 5.26. The van der Waals surface area contributed by atoms with E-state index in [0.29, 0.717) is 13.0 Å². The average molecular weight is 236 g/mol. The second-order valence-corrected chi connectivity index (χ2v) is 3.96. The van der Waals surface area contributed by atoms with E-state index in [2.05, 4.69) is 6.58 Å². The topological polar surface area (TPSA) is 38.7 Å². The zero-order chi connectivity index (χ0) is 12.7. The molecule has 3 heteroatoms. The molecule has 0 fully saturated rings. The lowest BCUT2D eigenvalue weighted by Crippen LogP contribution is -2.25. The largest absolute Gasteiger partial charge is 0.497 e. The van der Waals surface area contributed by atoms with Crippen LogP contribution >= 0.6 is 0 Å². The Morgan fingerprint density at radius 1 is 1.35 bits per heavy atom. The number of aliphatic hydroxyl groups excluding tert-OH is 1. The SMILES string of the molecule is C=CC[C@H](O)[C@H](C)OCc1ccc(OC)cc1. The van der Waals surface area contributed by atoms with Crippen LogP contribution in [0.1, 0.15) is 18.9 Å². The minimum Gasteiger partial charge on any atom is -0.497 e. The predicted octanol–water partition coefficient (Wildman–Crippen LogP) is 2.54. The van der Waals surface area contributed by atoms with Gasteiger partial charge in [0.05, 0.1) is 25.9 Å². The normalized spacial score (nSPS) is 14.1. The van der Waals surface area contributed by atoms with E-state index < -0.39 is 6.10 Å². The maximum absolute atomic E-state index is 9.66. The molecule has 0 aliphatic carbocycles. The molecule has 0 aliphatic rings. The lowest BCUT2D eigenvalue weighted by atomic mass is 10.1. The molecule has 3 nitrogen and oxygen atoms in total. The maximum atomic E-state index is 9.66. The molecule has 0 heterocycles. The monoisotopic (exact) mass is 236 g/mol. The van der Waals surface area contributed by atoms with Crippen LogP contribution in [0.4, 0.5) is 0 Å². The van der Waals surface area contributed by atoms with E-state index in [1.807, 2.05) is 31.2 Å². The van der Waals surface area contributed by atoms with Crippen LogP contribution in [0.2, 0.25) is 0 Å². The third-order valence-corrected chi connectivity index (χ3v) is 2.62. The van der Waals surface area contributed by atoms with Crippen molar-refractivity contribution in [2.45, 2.75) is 32.2 Å². The summed E-state index contributed by atoms with van der Waals surface area (Å²) in [4.78, 5) is 0. The summed E-state index contributed by atoms with van der Waals surface area (Å²) in [6, 6.07) is 7.68. The number of hydrogen-bond donors (Lipinski definition) is 1. The van der Waals surface area contributed by atoms with E-state index in [1.54, 1.807) is 13.2 Å². The van der Waals surface area contributed by atoms with Gasteiger partial charge in [-0.15, -0.1) is 6.58 Å². The van der Waals surface area contributed by atoms with E-state index in [9.17, 15) is 5.11 Å². The van der Waals surface area contributed by atoms with Gasteiger partial charge in [-0.05, 0) is 31.0 Å². The Labute approximate surface area is 103 Å². The molecule has 1 aromatic rings. The van der Waals surface area contributed by atoms with Crippen molar-refractivity contribution in [1.29, 1.82) is 0 Å². The van der Waals surface area contributed by atoms with Crippen LogP contribution in [0.5, 0.6) is 5.75 Å². The Morgan fingerprint density at radius 2 is 2.00 bits per heavy atom. The van der Waals surface area contributed by atoms with Crippen LogP contribution in [-0.2, 0) is 11.3 Å². The molecule has 0 saturated carbocycles. The molecule has 0 spiro atoms. The summed E-state index contributed by atoms with van der Waals surface area (Å²) in [5.41, 5.74) is 1.06. The fraction of sp³-hybridized carbons (Fsp3) is 0.429. The van der Waals surface area contributed by atoms with Crippen molar-refractivity contribution in [1.82, 2.24) is 0 Å². The Kier molecular flexibility index (Phi) is 5.73. The number of methoxy groups -OCH3 is 1.